The third-order valence-corrected chi connectivity index (χ3v) is 12.4. The predicted octanol–water partition coefficient (Wildman–Crippen LogP) is 13.3. The summed E-state index contributed by atoms with van der Waals surface area (Å²) < 4.78 is 36.6. The van der Waals surface area contributed by atoms with Gasteiger partial charge in [0.2, 0.25) is 0 Å². The van der Waals surface area contributed by atoms with Gasteiger partial charge in [-0.05, 0) is 53.1 Å². The Bertz CT molecular complexity index is 3120. The van der Waals surface area contributed by atoms with Gasteiger partial charge in [-0.2, -0.15) is 0 Å². The monoisotopic (exact) mass is 885 g/mol. The maximum absolute atomic E-state index is 6.50. The molecule has 0 bridgehead atoms. The molecule has 3 aromatic heterocycles. The number of nitrogens with one attached hydrogen (secondary N) is 3. The lowest BCUT2D eigenvalue weighted by molar-refractivity contribution is 0.392. The second kappa shape index (κ2) is 16.8. The van der Waals surface area contributed by atoms with E-state index in [0.29, 0.717) is 62.4 Å². The molecule has 6 aromatic carbocycles. The molecule has 9 nitrogen and oxygen atoms in total. The van der Waals surface area contributed by atoms with E-state index in [1.807, 2.05) is 103 Å². The highest BCUT2D eigenvalue weighted by molar-refractivity contribution is 6.31. The lowest BCUT2D eigenvalue weighted by Gasteiger charge is -2.17. The van der Waals surface area contributed by atoms with Gasteiger partial charge in [0.15, 0.2) is 0 Å². The number of benzene rings is 6. The summed E-state index contributed by atoms with van der Waals surface area (Å²) in [6.07, 6.45) is 4.83. The van der Waals surface area contributed by atoms with Crippen molar-refractivity contribution in [1.29, 1.82) is 0 Å². The van der Waals surface area contributed by atoms with Crippen molar-refractivity contribution in [2.24, 2.45) is 0 Å². The number of fused-ring (bicyclic) bond motifs is 3. The molecule has 0 spiro atoms. The number of methoxy groups -OCH3 is 6. The molecule has 0 saturated carbocycles. The second-order valence-electron chi connectivity index (χ2n) is 14.8. The van der Waals surface area contributed by atoms with Gasteiger partial charge in [0.05, 0.1) is 64.6 Å². The van der Waals surface area contributed by atoms with Crippen LogP contribution in [0.2, 0.25) is 15.1 Å². The van der Waals surface area contributed by atoms with Crippen LogP contribution in [0.25, 0.3) is 66.1 Å². The van der Waals surface area contributed by atoms with E-state index < -0.39 is 0 Å². The van der Waals surface area contributed by atoms with Crippen molar-refractivity contribution < 1.29 is 28.4 Å². The van der Waals surface area contributed by atoms with Crippen LogP contribution in [0.5, 0.6) is 34.5 Å². The first-order valence-corrected chi connectivity index (χ1v) is 20.9. The number of aromatic amines is 3. The molecule has 62 heavy (non-hydrogen) atoms. The van der Waals surface area contributed by atoms with Crippen molar-refractivity contribution in [3.63, 3.8) is 0 Å². The molecular weight excluding hydrogens is 845 g/mol. The standard InChI is InChI=1S/C50H42Cl3N3O6/c1-57-38-21-41(60-4)45-35(26-7-13-29(51)14-8-26)24-54-48(45)32(38)19-33-39(58-2)23-43(62-6)47-44(28-11-17-31(53)18-12-28)37(56-50(33)47)20-34-40(59-3)22-42(61-5)46-36(25-55-49(34)46)27-9-15-30(52)16-10-27/h7-18,21-25,54-56H,19-20H2,1-6H3. The molecule has 3 heterocycles. The van der Waals surface area contributed by atoms with Crippen LogP contribution in [0.15, 0.2) is 103 Å². The average Bonchev–Trinajstić information content (AvgIpc) is 4.04. The Kier molecular flexibility index (Phi) is 11.1. The van der Waals surface area contributed by atoms with Crippen LogP contribution in [0.4, 0.5) is 0 Å². The molecule has 0 aliphatic carbocycles. The molecule has 0 saturated heterocycles. The highest BCUT2D eigenvalue weighted by atomic mass is 35.5. The number of aromatic nitrogens is 3. The molecule has 0 fully saturated rings. The lowest BCUT2D eigenvalue weighted by atomic mass is 9.93. The van der Waals surface area contributed by atoms with Gasteiger partial charge in [0, 0.05) is 108 Å². The number of ether oxygens (including phenoxy) is 6. The summed E-state index contributed by atoms with van der Waals surface area (Å²) in [5.41, 5.74) is 12.1. The van der Waals surface area contributed by atoms with Crippen LogP contribution in [0, 0.1) is 0 Å². The summed E-state index contributed by atoms with van der Waals surface area (Å²) in [4.78, 5) is 11.0. The van der Waals surface area contributed by atoms with E-state index in [4.69, 9.17) is 63.2 Å². The number of hydrogen-bond acceptors (Lipinski definition) is 6. The van der Waals surface area contributed by atoms with E-state index in [-0.39, 0.29) is 0 Å². The lowest BCUT2D eigenvalue weighted by Crippen LogP contribution is -2.01. The molecule has 9 rings (SSSR count). The molecule has 3 N–H and O–H groups in total. The van der Waals surface area contributed by atoms with Gasteiger partial charge in [-0.15, -0.1) is 0 Å². The van der Waals surface area contributed by atoms with Crippen molar-refractivity contribution in [2.75, 3.05) is 42.7 Å². The Morgan fingerprint density at radius 2 is 0.758 bits per heavy atom. The van der Waals surface area contributed by atoms with Crippen LogP contribution < -0.4 is 28.4 Å². The van der Waals surface area contributed by atoms with Gasteiger partial charge in [-0.1, -0.05) is 71.2 Å². The Morgan fingerprint density at radius 1 is 0.403 bits per heavy atom. The van der Waals surface area contributed by atoms with Crippen molar-refractivity contribution in [2.45, 2.75) is 12.8 Å². The molecule has 314 valence electrons. The maximum Gasteiger partial charge on any atom is 0.132 e. The van der Waals surface area contributed by atoms with Crippen LogP contribution >= 0.6 is 34.8 Å². The highest BCUT2D eigenvalue weighted by Crippen LogP contribution is 2.49. The minimum atomic E-state index is 0.408. The van der Waals surface area contributed by atoms with E-state index in [1.54, 1.807) is 42.7 Å². The predicted molar refractivity (Wildman–Crippen MR) is 251 cm³/mol. The average molecular weight is 887 g/mol. The fourth-order valence-corrected chi connectivity index (χ4v) is 9.13. The second-order valence-corrected chi connectivity index (χ2v) is 16.1. The van der Waals surface area contributed by atoms with Gasteiger partial charge >= 0.3 is 0 Å². The van der Waals surface area contributed by atoms with E-state index in [9.17, 15) is 0 Å². The van der Waals surface area contributed by atoms with Gasteiger partial charge < -0.3 is 43.4 Å². The van der Waals surface area contributed by atoms with Gasteiger partial charge in [0.25, 0.3) is 0 Å². The zero-order valence-corrected chi connectivity index (χ0v) is 37.1. The molecule has 0 atom stereocenters. The SMILES string of the molecule is COc1cc(OC)c2c(-c3ccc(Cl)cc3)c[nH]c2c1Cc1[nH]c2c(Cc3c(OC)cc(OC)c4c(-c5ccc(Cl)cc5)c[nH]c34)c(OC)cc(OC)c2c1-c1ccc(Cl)cc1. The summed E-state index contributed by atoms with van der Waals surface area (Å²) in [6.45, 7) is 0. The fourth-order valence-electron chi connectivity index (χ4n) is 8.76. The third kappa shape index (κ3) is 7.00. The molecule has 12 heteroatoms. The summed E-state index contributed by atoms with van der Waals surface area (Å²) >= 11 is 19.1. The smallest absolute Gasteiger partial charge is 0.132 e. The van der Waals surface area contributed by atoms with E-state index in [2.05, 4.69) is 15.0 Å². The topological polar surface area (TPSA) is 103 Å². The van der Waals surface area contributed by atoms with Gasteiger partial charge in [0.1, 0.15) is 34.5 Å². The summed E-state index contributed by atoms with van der Waals surface area (Å²) in [6, 6.07) is 29.2. The van der Waals surface area contributed by atoms with E-state index in [1.165, 1.54) is 0 Å². The first-order valence-electron chi connectivity index (χ1n) is 19.8. The molecule has 0 aliphatic heterocycles. The minimum absolute atomic E-state index is 0.408. The Hall–Kier alpha value is -6.39. The Labute approximate surface area is 373 Å². The van der Waals surface area contributed by atoms with Crippen molar-refractivity contribution in [3.8, 4) is 67.9 Å². The first-order chi connectivity index (χ1) is 30.2. The highest BCUT2D eigenvalue weighted by Gasteiger charge is 2.28. The van der Waals surface area contributed by atoms with Crippen molar-refractivity contribution in [3.05, 3.63) is 141 Å². The number of H-pyrrole nitrogens is 3. The van der Waals surface area contributed by atoms with Crippen LogP contribution in [-0.4, -0.2) is 57.6 Å². The molecule has 0 unspecified atom stereocenters. The normalized spacial score (nSPS) is 11.4. The number of hydrogen-bond donors (Lipinski definition) is 3. The largest absolute Gasteiger partial charge is 0.496 e. The summed E-state index contributed by atoms with van der Waals surface area (Å²) in [5.74, 6) is 3.96. The first kappa shape index (κ1) is 41.0. The van der Waals surface area contributed by atoms with Crippen molar-refractivity contribution >= 4 is 67.5 Å². The molecule has 0 aliphatic rings. The molecule has 0 amide bonds. The summed E-state index contributed by atoms with van der Waals surface area (Å²) in [5, 5.41) is 4.68. The van der Waals surface area contributed by atoms with Crippen LogP contribution in [-0.2, 0) is 12.8 Å². The van der Waals surface area contributed by atoms with Crippen molar-refractivity contribution in [1.82, 2.24) is 15.0 Å². The van der Waals surface area contributed by atoms with Crippen LogP contribution in [0.1, 0.15) is 22.4 Å². The quantitative estimate of drug-likeness (QED) is 0.107. The van der Waals surface area contributed by atoms with Crippen LogP contribution in [0.3, 0.4) is 0 Å². The van der Waals surface area contributed by atoms with Gasteiger partial charge in [-0.25, -0.2) is 0 Å². The Balaban J connectivity index is 1.29. The Morgan fingerprint density at radius 3 is 1.16 bits per heavy atom. The van der Waals surface area contributed by atoms with E-state index in [0.717, 1.165) is 88.5 Å². The maximum atomic E-state index is 6.50. The minimum Gasteiger partial charge on any atom is -0.496 e. The molecular formula is C50H42Cl3N3O6. The molecule has 9 aromatic rings. The number of rotatable bonds is 13. The third-order valence-electron chi connectivity index (χ3n) is 11.6. The molecule has 0 radical (unpaired) electrons. The fraction of sp³-hybridized carbons (Fsp3) is 0.160. The van der Waals surface area contributed by atoms with E-state index >= 15 is 0 Å². The summed E-state index contributed by atoms with van der Waals surface area (Å²) in [7, 11) is 10.0. The zero-order valence-electron chi connectivity index (χ0n) is 34.8. The number of halogens is 3. The zero-order chi connectivity index (χ0) is 43.2. The van der Waals surface area contributed by atoms with Gasteiger partial charge in [-0.3, -0.25) is 0 Å².